The van der Waals surface area contributed by atoms with Gasteiger partial charge < -0.3 is 29.0 Å². The van der Waals surface area contributed by atoms with Gasteiger partial charge in [0.15, 0.2) is 12.6 Å². The lowest BCUT2D eigenvalue weighted by Crippen LogP contribution is -2.44. The summed E-state index contributed by atoms with van der Waals surface area (Å²) in [5, 5.41) is 17.7. The van der Waals surface area contributed by atoms with E-state index in [1.165, 1.54) is 6.07 Å². The Morgan fingerprint density at radius 1 is 1.24 bits per heavy atom. The third kappa shape index (κ3) is 5.49. The normalized spacial score (nSPS) is 16.9. The molecule has 8 nitrogen and oxygen atoms in total. The second kappa shape index (κ2) is 10.3. The van der Waals surface area contributed by atoms with Crippen molar-refractivity contribution in [2.24, 2.45) is 0 Å². The van der Waals surface area contributed by atoms with Gasteiger partial charge in [0.05, 0.1) is 24.9 Å². The van der Waals surface area contributed by atoms with Crippen LogP contribution in [0.15, 0.2) is 30.3 Å². The lowest BCUT2D eigenvalue weighted by molar-refractivity contribution is -0.0496. The molecule has 2 aromatic rings. The van der Waals surface area contributed by atoms with Gasteiger partial charge in [-0.2, -0.15) is 8.78 Å². The predicted octanol–water partition coefficient (Wildman–Crippen LogP) is 2.32. The molecule has 0 radical (unpaired) electrons. The zero-order valence-corrected chi connectivity index (χ0v) is 16.0. The number of anilines is 1. The fourth-order valence-electron chi connectivity index (χ4n) is 2.93. The molecular formula is C19H23F2N3O5. The topological polar surface area (TPSA) is 86.2 Å². The Morgan fingerprint density at radius 2 is 2.07 bits per heavy atom. The van der Waals surface area contributed by atoms with Crippen LogP contribution in [0.3, 0.4) is 0 Å². The molecular weight excluding hydrogens is 388 g/mol. The van der Waals surface area contributed by atoms with Crippen LogP contribution in [0.4, 0.5) is 14.6 Å². The molecule has 1 saturated heterocycles. The van der Waals surface area contributed by atoms with Gasteiger partial charge >= 0.3 is 6.61 Å². The van der Waals surface area contributed by atoms with Crippen molar-refractivity contribution in [3.63, 3.8) is 0 Å². The predicted molar refractivity (Wildman–Crippen MR) is 100 cm³/mol. The highest BCUT2D eigenvalue weighted by Crippen LogP contribution is 2.38. The largest absolute Gasteiger partial charge is 0.467 e. The lowest BCUT2D eigenvalue weighted by atomic mass is 10.1. The number of rotatable bonds is 9. The van der Waals surface area contributed by atoms with E-state index in [2.05, 4.69) is 14.9 Å². The van der Waals surface area contributed by atoms with Crippen molar-refractivity contribution in [3.8, 4) is 22.8 Å². The summed E-state index contributed by atoms with van der Waals surface area (Å²) in [6.07, 6.45) is -0.288. The summed E-state index contributed by atoms with van der Waals surface area (Å²) in [5.74, 6) is 0.827. The van der Waals surface area contributed by atoms with Crippen molar-refractivity contribution >= 4 is 5.82 Å². The van der Waals surface area contributed by atoms with E-state index in [4.69, 9.17) is 14.2 Å². The van der Waals surface area contributed by atoms with Crippen LogP contribution in [0.5, 0.6) is 11.5 Å². The lowest BCUT2D eigenvalue weighted by Gasteiger charge is -2.32. The summed E-state index contributed by atoms with van der Waals surface area (Å²) in [5.41, 5.74) is 0.588. The first kappa shape index (κ1) is 21.2. The maximum atomic E-state index is 12.9. The van der Waals surface area contributed by atoms with Crippen molar-refractivity contribution in [3.05, 3.63) is 30.3 Å². The molecule has 3 rings (SSSR count). The summed E-state index contributed by atoms with van der Waals surface area (Å²) < 4.78 is 46.6. The number of aliphatic hydroxyl groups excluding tert-OH is 1. The molecule has 0 spiro atoms. The van der Waals surface area contributed by atoms with E-state index in [1.54, 1.807) is 24.3 Å². The Balaban J connectivity index is 1.87. The van der Waals surface area contributed by atoms with Gasteiger partial charge in [-0.3, -0.25) is 0 Å². The minimum absolute atomic E-state index is 0.0382. The molecule has 29 heavy (non-hydrogen) atoms. The molecule has 0 amide bonds. The first-order valence-electron chi connectivity index (χ1n) is 9.22. The summed E-state index contributed by atoms with van der Waals surface area (Å²) >= 11 is 0. The third-order valence-corrected chi connectivity index (χ3v) is 4.28. The van der Waals surface area contributed by atoms with Gasteiger partial charge in [-0.15, -0.1) is 10.2 Å². The van der Waals surface area contributed by atoms with E-state index in [1.807, 2.05) is 11.8 Å². The third-order valence-electron chi connectivity index (χ3n) is 4.28. The van der Waals surface area contributed by atoms with E-state index in [9.17, 15) is 13.9 Å². The number of ether oxygens (including phenoxy) is 4. The molecule has 0 saturated carbocycles. The highest BCUT2D eigenvalue weighted by Gasteiger charge is 2.22. The van der Waals surface area contributed by atoms with Gasteiger partial charge in [-0.25, -0.2) is 0 Å². The molecule has 0 aliphatic carbocycles. The zero-order chi connectivity index (χ0) is 20.6. The van der Waals surface area contributed by atoms with Gasteiger partial charge in [-0.1, -0.05) is 6.07 Å². The summed E-state index contributed by atoms with van der Waals surface area (Å²) in [4.78, 5) is 1.94. The second-order valence-corrected chi connectivity index (χ2v) is 6.16. The van der Waals surface area contributed by atoms with Gasteiger partial charge in [0, 0.05) is 19.7 Å². The molecule has 1 fully saturated rings. The number of alkyl halides is 2. The Morgan fingerprint density at radius 3 is 2.76 bits per heavy atom. The standard InChI is InChI=1S/C19H23F2N3O5/c1-2-26-12-28-15-4-3-5-16(29-19(20)21)18(15)14-6-7-17(23-22-14)24-8-9-27-13(10-24)11-25/h3-7,13,19,25H,2,8-12H2,1H3/t13-/m0/s1. The number of morpholine rings is 1. The fourth-order valence-corrected chi connectivity index (χ4v) is 2.93. The van der Waals surface area contributed by atoms with Crippen molar-refractivity contribution < 1.29 is 32.8 Å². The first-order chi connectivity index (χ1) is 14.1. The van der Waals surface area contributed by atoms with Crippen LogP contribution in [0.2, 0.25) is 0 Å². The molecule has 1 aliphatic heterocycles. The van der Waals surface area contributed by atoms with E-state index in [0.717, 1.165) is 0 Å². The fraction of sp³-hybridized carbons (Fsp3) is 0.474. The Hall–Kier alpha value is -2.56. The van der Waals surface area contributed by atoms with Crippen molar-refractivity contribution in [1.29, 1.82) is 0 Å². The number of aliphatic hydroxyl groups is 1. The minimum Gasteiger partial charge on any atom is -0.467 e. The Labute approximate surface area is 167 Å². The van der Waals surface area contributed by atoms with Crippen LogP contribution in [-0.4, -0.2) is 67.7 Å². The summed E-state index contributed by atoms with van der Waals surface area (Å²) in [6, 6.07) is 7.97. The van der Waals surface area contributed by atoms with Crippen molar-refractivity contribution in [2.75, 3.05) is 44.6 Å². The summed E-state index contributed by atoms with van der Waals surface area (Å²) in [7, 11) is 0. The molecule has 1 atom stereocenters. The molecule has 1 aromatic carbocycles. The first-order valence-corrected chi connectivity index (χ1v) is 9.22. The maximum Gasteiger partial charge on any atom is 0.387 e. The number of hydrogen-bond donors (Lipinski definition) is 1. The molecule has 1 N–H and O–H groups in total. The second-order valence-electron chi connectivity index (χ2n) is 6.16. The number of benzene rings is 1. The number of halogens is 2. The SMILES string of the molecule is CCOCOc1cccc(OC(F)F)c1-c1ccc(N2CCO[C@H](CO)C2)nn1. The number of aromatic nitrogens is 2. The average Bonchev–Trinajstić information content (AvgIpc) is 2.74. The molecule has 0 unspecified atom stereocenters. The highest BCUT2D eigenvalue weighted by atomic mass is 19.3. The van der Waals surface area contributed by atoms with Gasteiger partial charge in [0.1, 0.15) is 17.2 Å². The van der Waals surface area contributed by atoms with Gasteiger partial charge in [0.25, 0.3) is 0 Å². The molecule has 1 aromatic heterocycles. The molecule has 2 heterocycles. The smallest absolute Gasteiger partial charge is 0.387 e. The van der Waals surface area contributed by atoms with E-state index >= 15 is 0 Å². The summed E-state index contributed by atoms with van der Waals surface area (Å²) in [6.45, 7) is 0.714. The zero-order valence-electron chi connectivity index (χ0n) is 16.0. The van der Waals surface area contributed by atoms with Crippen molar-refractivity contribution in [2.45, 2.75) is 19.6 Å². The van der Waals surface area contributed by atoms with Gasteiger partial charge in [0.2, 0.25) is 0 Å². The monoisotopic (exact) mass is 411 g/mol. The number of hydrogen-bond acceptors (Lipinski definition) is 8. The molecule has 1 aliphatic rings. The van der Waals surface area contributed by atoms with Crippen LogP contribution in [0.25, 0.3) is 11.3 Å². The minimum atomic E-state index is -2.99. The Bertz CT molecular complexity index is 779. The average molecular weight is 411 g/mol. The van der Waals surface area contributed by atoms with Crippen LogP contribution in [0.1, 0.15) is 6.92 Å². The van der Waals surface area contributed by atoms with Gasteiger partial charge in [-0.05, 0) is 31.2 Å². The van der Waals surface area contributed by atoms with Crippen LogP contribution in [-0.2, 0) is 9.47 Å². The number of nitrogens with zero attached hydrogens (tertiary/aromatic N) is 3. The van der Waals surface area contributed by atoms with E-state index in [-0.39, 0.29) is 30.8 Å². The molecule has 0 bridgehead atoms. The maximum absolute atomic E-state index is 12.9. The highest BCUT2D eigenvalue weighted by molar-refractivity contribution is 5.74. The van der Waals surface area contributed by atoms with E-state index < -0.39 is 6.61 Å². The molecule has 158 valence electrons. The van der Waals surface area contributed by atoms with E-state index in [0.29, 0.717) is 43.6 Å². The quantitative estimate of drug-likeness (QED) is 0.497. The van der Waals surface area contributed by atoms with Crippen LogP contribution < -0.4 is 14.4 Å². The molecule has 10 heteroatoms. The Kier molecular flexibility index (Phi) is 7.50. The van der Waals surface area contributed by atoms with Crippen molar-refractivity contribution in [1.82, 2.24) is 10.2 Å². The van der Waals surface area contributed by atoms with Crippen LogP contribution in [0, 0.1) is 0 Å². The van der Waals surface area contributed by atoms with Crippen LogP contribution >= 0.6 is 0 Å².